The van der Waals surface area contributed by atoms with Crippen LogP contribution in [0.4, 0.5) is 0 Å². The Hall–Kier alpha value is -0.630. The minimum Gasteiger partial charge on any atom is -0.293 e. The number of hydrogen-bond acceptors (Lipinski definition) is 2. The van der Waals surface area contributed by atoms with Gasteiger partial charge in [-0.05, 0) is 31.9 Å². The molecule has 1 nitrogen and oxygen atoms in total. The zero-order valence-corrected chi connectivity index (χ0v) is 9.40. The van der Waals surface area contributed by atoms with Gasteiger partial charge in [-0.25, -0.2) is 0 Å². The summed E-state index contributed by atoms with van der Waals surface area (Å²) in [5, 5.41) is 0. The molecule has 1 aliphatic carbocycles. The van der Waals surface area contributed by atoms with Crippen molar-refractivity contribution in [2.45, 2.75) is 39.0 Å². The molecule has 0 saturated heterocycles. The normalized spacial score (nSPS) is 18.4. The summed E-state index contributed by atoms with van der Waals surface area (Å²) in [5.41, 5.74) is 0. The number of hydrogen-bond donors (Lipinski definition) is 0. The van der Waals surface area contributed by atoms with E-state index in [9.17, 15) is 4.79 Å². The number of ketones is 1. The number of aryl methyl sites for hydroxylation is 1. The predicted octanol–water partition coefficient (Wildman–Crippen LogP) is 3.82. The lowest BCUT2D eigenvalue weighted by Crippen LogP contribution is -2.16. The van der Waals surface area contributed by atoms with E-state index in [-0.39, 0.29) is 0 Å². The van der Waals surface area contributed by atoms with Crippen LogP contribution < -0.4 is 0 Å². The third kappa shape index (κ3) is 2.06. The predicted molar refractivity (Wildman–Crippen MR) is 60.0 cm³/mol. The van der Waals surface area contributed by atoms with E-state index in [1.165, 1.54) is 24.1 Å². The average Bonchev–Trinajstić information content (AvgIpc) is 2.65. The second-order valence-corrected chi connectivity index (χ2v) is 5.40. The summed E-state index contributed by atoms with van der Waals surface area (Å²) in [6.45, 7) is 2.06. The van der Waals surface area contributed by atoms with Gasteiger partial charge in [0.1, 0.15) is 0 Å². The summed E-state index contributed by atoms with van der Waals surface area (Å²) in [7, 11) is 0. The summed E-state index contributed by atoms with van der Waals surface area (Å²) in [4.78, 5) is 14.2. The van der Waals surface area contributed by atoms with Crippen LogP contribution in [0.2, 0.25) is 0 Å². The van der Waals surface area contributed by atoms with Gasteiger partial charge in [-0.3, -0.25) is 4.79 Å². The van der Waals surface area contributed by atoms with Crippen molar-refractivity contribution in [3.05, 3.63) is 21.9 Å². The largest absolute Gasteiger partial charge is 0.293 e. The molecule has 1 heterocycles. The van der Waals surface area contributed by atoms with Crippen LogP contribution in [0.15, 0.2) is 12.1 Å². The molecule has 0 unspecified atom stereocenters. The molecule has 0 N–H and O–H groups in total. The average molecular weight is 208 g/mol. The molecule has 76 valence electrons. The van der Waals surface area contributed by atoms with Crippen molar-refractivity contribution in [2.24, 2.45) is 5.92 Å². The van der Waals surface area contributed by atoms with Crippen LogP contribution in [-0.4, -0.2) is 5.78 Å². The number of rotatable bonds is 2. The van der Waals surface area contributed by atoms with Gasteiger partial charge in [0.25, 0.3) is 0 Å². The zero-order chi connectivity index (χ0) is 9.97. The molecule has 1 fully saturated rings. The SMILES string of the molecule is Cc1ccc(C(=O)C2CCCCC2)s1. The maximum absolute atomic E-state index is 12.0. The number of carbonyl (C=O) groups excluding carboxylic acids is 1. The van der Waals surface area contributed by atoms with Gasteiger partial charge in [0.05, 0.1) is 4.88 Å². The van der Waals surface area contributed by atoms with E-state index in [4.69, 9.17) is 0 Å². The van der Waals surface area contributed by atoms with Gasteiger partial charge in [0.2, 0.25) is 0 Å². The quantitative estimate of drug-likeness (QED) is 0.675. The number of carbonyl (C=O) groups is 1. The van der Waals surface area contributed by atoms with Crippen molar-refractivity contribution in [3.63, 3.8) is 0 Å². The molecular weight excluding hydrogens is 192 g/mol. The molecule has 1 aliphatic rings. The van der Waals surface area contributed by atoms with E-state index < -0.39 is 0 Å². The Bertz CT molecular complexity index is 321. The highest BCUT2D eigenvalue weighted by Crippen LogP contribution is 2.29. The maximum atomic E-state index is 12.0. The lowest BCUT2D eigenvalue weighted by molar-refractivity contribution is 0.0894. The Balaban J connectivity index is 2.07. The first-order valence-corrected chi connectivity index (χ1v) is 6.19. The van der Waals surface area contributed by atoms with Crippen LogP contribution in [0, 0.1) is 12.8 Å². The summed E-state index contributed by atoms with van der Waals surface area (Å²) < 4.78 is 0. The fraction of sp³-hybridized carbons (Fsp3) is 0.583. The first-order valence-electron chi connectivity index (χ1n) is 5.38. The second-order valence-electron chi connectivity index (χ2n) is 4.11. The van der Waals surface area contributed by atoms with E-state index in [0.717, 1.165) is 17.7 Å². The first-order chi connectivity index (χ1) is 6.77. The molecule has 0 bridgehead atoms. The van der Waals surface area contributed by atoms with Gasteiger partial charge < -0.3 is 0 Å². The van der Waals surface area contributed by atoms with Crippen LogP contribution in [0.25, 0.3) is 0 Å². The fourth-order valence-corrected chi connectivity index (χ4v) is 3.02. The molecular formula is C12H16OS. The Morgan fingerprint density at radius 3 is 2.57 bits per heavy atom. The Labute approximate surface area is 89.1 Å². The smallest absolute Gasteiger partial charge is 0.175 e. The third-order valence-corrected chi connectivity index (χ3v) is 3.97. The van der Waals surface area contributed by atoms with Crippen molar-refractivity contribution in [2.75, 3.05) is 0 Å². The standard InChI is InChI=1S/C12H16OS/c1-9-7-8-11(14-9)12(13)10-5-3-2-4-6-10/h7-8,10H,2-6H2,1H3. The van der Waals surface area contributed by atoms with E-state index in [2.05, 4.69) is 6.92 Å². The summed E-state index contributed by atoms with van der Waals surface area (Å²) >= 11 is 1.64. The molecule has 1 aromatic heterocycles. The van der Waals surface area contributed by atoms with Gasteiger partial charge in [-0.1, -0.05) is 19.3 Å². The van der Waals surface area contributed by atoms with E-state index in [1.807, 2.05) is 12.1 Å². The Morgan fingerprint density at radius 2 is 2.00 bits per heavy atom. The molecule has 2 rings (SSSR count). The van der Waals surface area contributed by atoms with Crippen LogP contribution in [0.1, 0.15) is 46.7 Å². The molecule has 0 radical (unpaired) electrons. The van der Waals surface area contributed by atoms with Crippen molar-refractivity contribution in [1.29, 1.82) is 0 Å². The monoisotopic (exact) mass is 208 g/mol. The molecule has 0 spiro atoms. The molecule has 1 aromatic rings. The summed E-state index contributed by atoms with van der Waals surface area (Å²) in [6.07, 6.45) is 6.00. The van der Waals surface area contributed by atoms with Crippen LogP contribution >= 0.6 is 11.3 Å². The molecule has 1 saturated carbocycles. The number of Topliss-reactive ketones (excluding diaryl/α,β-unsaturated/α-hetero) is 1. The van der Waals surface area contributed by atoms with E-state index >= 15 is 0 Å². The highest BCUT2D eigenvalue weighted by molar-refractivity contribution is 7.14. The topological polar surface area (TPSA) is 17.1 Å². The summed E-state index contributed by atoms with van der Waals surface area (Å²) in [6, 6.07) is 4.03. The van der Waals surface area contributed by atoms with Gasteiger partial charge in [-0.2, -0.15) is 0 Å². The molecule has 0 atom stereocenters. The van der Waals surface area contributed by atoms with E-state index in [0.29, 0.717) is 11.7 Å². The van der Waals surface area contributed by atoms with Gasteiger partial charge in [0, 0.05) is 10.8 Å². The minimum atomic E-state index is 0.321. The van der Waals surface area contributed by atoms with Gasteiger partial charge in [-0.15, -0.1) is 11.3 Å². The third-order valence-electron chi connectivity index (χ3n) is 2.96. The number of thiophene rings is 1. The molecule has 0 aliphatic heterocycles. The van der Waals surface area contributed by atoms with E-state index in [1.54, 1.807) is 11.3 Å². The highest BCUT2D eigenvalue weighted by Gasteiger charge is 2.22. The van der Waals surface area contributed by atoms with Crippen molar-refractivity contribution in [1.82, 2.24) is 0 Å². The van der Waals surface area contributed by atoms with Gasteiger partial charge >= 0.3 is 0 Å². The van der Waals surface area contributed by atoms with Gasteiger partial charge in [0.15, 0.2) is 5.78 Å². The Morgan fingerprint density at radius 1 is 1.29 bits per heavy atom. The first kappa shape index (κ1) is 9.91. The Kier molecular flexibility index (Phi) is 3.02. The van der Waals surface area contributed by atoms with Crippen LogP contribution in [0.3, 0.4) is 0 Å². The fourth-order valence-electron chi connectivity index (χ4n) is 2.13. The van der Waals surface area contributed by atoms with Crippen LogP contribution in [0.5, 0.6) is 0 Å². The second kappa shape index (κ2) is 4.26. The van der Waals surface area contributed by atoms with Crippen LogP contribution in [-0.2, 0) is 0 Å². The lowest BCUT2D eigenvalue weighted by atomic mass is 9.86. The van der Waals surface area contributed by atoms with Crippen molar-refractivity contribution in [3.8, 4) is 0 Å². The van der Waals surface area contributed by atoms with Crippen molar-refractivity contribution < 1.29 is 4.79 Å². The molecule has 14 heavy (non-hydrogen) atoms. The minimum absolute atomic E-state index is 0.321. The highest BCUT2D eigenvalue weighted by atomic mass is 32.1. The molecule has 2 heteroatoms. The lowest BCUT2D eigenvalue weighted by Gasteiger charge is -2.19. The maximum Gasteiger partial charge on any atom is 0.175 e. The zero-order valence-electron chi connectivity index (χ0n) is 8.58. The summed E-state index contributed by atoms with van der Waals surface area (Å²) in [5.74, 6) is 0.713. The van der Waals surface area contributed by atoms with Crippen molar-refractivity contribution >= 4 is 17.1 Å². The molecule has 0 aromatic carbocycles. The molecule has 0 amide bonds.